The van der Waals surface area contributed by atoms with Crippen LogP contribution in [0.1, 0.15) is 33.6 Å². The fourth-order valence-electron chi connectivity index (χ4n) is 0.889. The predicted octanol–water partition coefficient (Wildman–Crippen LogP) is 3.27. The van der Waals surface area contributed by atoms with Crippen molar-refractivity contribution < 1.29 is 5.11 Å². The molecule has 0 bridgehead atoms. The second kappa shape index (κ2) is 7.59. The van der Waals surface area contributed by atoms with Crippen LogP contribution in [0.3, 0.4) is 0 Å². The molecule has 0 aliphatic carbocycles. The highest BCUT2D eigenvalue weighted by atomic mass is 16.3. The maximum Gasteiger partial charge on any atom is 0.101 e. The van der Waals surface area contributed by atoms with Gasteiger partial charge in [0.25, 0.3) is 0 Å². The average Bonchev–Trinajstić information content (AvgIpc) is 2.16. The normalized spacial score (nSPS) is 14.1. The topological polar surface area (TPSA) is 32.6 Å². The molecule has 0 aromatic rings. The molecular formula is C11H19NO. The van der Waals surface area contributed by atoms with E-state index in [-0.39, 0.29) is 0 Å². The van der Waals surface area contributed by atoms with Crippen molar-refractivity contribution in [1.82, 2.24) is 0 Å². The molecule has 0 amide bonds. The van der Waals surface area contributed by atoms with Crippen LogP contribution in [0.25, 0.3) is 0 Å². The van der Waals surface area contributed by atoms with Gasteiger partial charge in [-0.2, -0.15) is 0 Å². The molecular weight excluding hydrogens is 162 g/mol. The quantitative estimate of drug-likeness (QED) is 0.394. The van der Waals surface area contributed by atoms with Crippen LogP contribution < -0.4 is 0 Å². The van der Waals surface area contributed by atoms with Crippen molar-refractivity contribution in [2.45, 2.75) is 33.6 Å². The van der Waals surface area contributed by atoms with Crippen molar-refractivity contribution >= 4 is 6.21 Å². The van der Waals surface area contributed by atoms with Crippen molar-refractivity contribution in [1.29, 1.82) is 0 Å². The van der Waals surface area contributed by atoms with Gasteiger partial charge in [-0.25, -0.2) is 0 Å². The summed E-state index contributed by atoms with van der Waals surface area (Å²) in [7, 11) is 0. The minimum atomic E-state index is 0.401. The molecule has 0 saturated heterocycles. The number of aliphatic hydroxyl groups excluding tert-OH is 1. The molecule has 13 heavy (non-hydrogen) atoms. The number of nitrogens with zero attached hydrogens (tertiary/aromatic N) is 1. The molecule has 0 fully saturated rings. The Balaban J connectivity index is 4.43. The largest absolute Gasteiger partial charge is 0.512 e. The Morgan fingerprint density at radius 2 is 2.08 bits per heavy atom. The van der Waals surface area contributed by atoms with Crippen molar-refractivity contribution in [3.8, 4) is 0 Å². The van der Waals surface area contributed by atoms with Gasteiger partial charge in [0.15, 0.2) is 0 Å². The van der Waals surface area contributed by atoms with Crippen LogP contribution in [0.5, 0.6) is 0 Å². The van der Waals surface area contributed by atoms with Crippen LogP contribution >= 0.6 is 0 Å². The van der Waals surface area contributed by atoms with Gasteiger partial charge in [-0.1, -0.05) is 26.0 Å². The van der Waals surface area contributed by atoms with Gasteiger partial charge in [-0.3, -0.25) is 4.99 Å². The lowest BCUT2D eigenvalue weighted by Gasteiger charge is -1.98. The highest BCUT2D eigenvalue weighted by molar-refractivity contribution is 5.82. The van der Waals surface area contributed by atoms with Crippen LogP contribution in [0.2, 0.25) is 0 Å². The predicted molar refractivity (Wildman–Crippen MR) is 58.4 cm³/mol. The van der Waals surface area contributed by atoms with E-state index in [1.807, 2.05) is 26.0 Å². The molecule has 2 heteroatoms. The summed E-state index contributed by atoms with van der Waals surface area (Å²) in [5.74, 6) is 0.401. The van der Waals surface area contributed by atoms with Crippen molar-refractivity contribution in [3.63, 3.8) is 0 Å². The van der Waals surface area contributed by atoms with Crippen LogP contribution in [0.4, 0.5) is 0 Å². The van der Waals surface area contributed by atoms with Gasteiger partial charge < -0.3 is 5.11 Å². The Labute approximate surface area is 80.7 Å². The summed E-state index contributed by atoms with van der Waals surface area (Å²) in [6.07, 6.45) is 7.20. The third kappa shape index (κ3) is 5.23. The smallest absolute Gasteiger partial charge is 0.101 e. The number of hydrogen-bond acceptors (Lipinski definition) is 2. The van der Waals surface area contributed by atoms with E-state index in [0.29, 0.717) is 12.2 Å². The summed E-state index contributed by atoms with van der Waals surface area (Å²) in [6, 6.07) is 0. The van der Waals surface area contributed by atoms with Crippen LogP contribution in [0.15, 0.2) is 28.5 Å². The number of aliphatic hydroxyl groups is 1. The Bertz CT molecular complexity index is 214. The Kier molecular flexibility index (Phi) is 6.98. The van der Waals surface area contributed by atoms with E-state index in [9.17, 15) is 5.11 Å². The summed E-state index contributed by atoms with van der Waals surface area (Å²) in [6.45, 7) is 6.75. The third-order valence-electron chi connectivity index (χ3n) is 1.60. The van der Waals surface area contributed by atoms with E-state index >= 15 is 0 Å². The van der Waals surface area contributed by atoms with Crippen molar-refractivity contribution in [2.24, 2.45) is 4.99 Å². The third-order valence-corrected chi connectivity index (χ3v) is 1.60. The molecule has 0 aromatic heterocycles. The molecule has 0 aromatic carbocycles. The zero-order chi connectivity index (χ0) is 10.1. The fraction of sp³-hybridized carbons (Fsp3) is 0.545. The summed E-state index contributed by atoms with van der Waals surface area (Å²) in [5.41, 5.74) is 0.818. The minimum Gasteiger partial charge on any atom is -0.512 e. The molecule has 0 aliphatic rings. The lowest BCUT2D eigenvalue weighted by Crippen LogP contribution is -1.90. The number of rotatable bonds is 5. The number of aliphatic imine (C=N–C) groups is 1. The van der Waals surface area contributed by atoms with Gasteiger partial charge in [0.05, 0.1) is 0 Å². The maximum atomic E-state index is 9.49. The summed E-state index contributed by atoms with van der Waals surface area (Å²) < 4.78 is 0. The van der Waals surface area contributed by atoms with Crippen molar-refractivity contribution in [2.75, 3.05) is 6.54 Å². The Hall–Kier alpha value is -1.05. The first-order valence-corrected chi connectivity index (χ1v) is 4.80. The molecule has 74 valence electrons. The van der Waals surface area contributed by atoms with Crippen LogP contribution in [-0.2, 0) is 0 Å². The molecule has 0 aliphatic heterocycles. The van der Waals surface area contributed by atoms with Crippen LogP contribution in [-0.4, -0.2) is 17.9 Å². The van der Waals surface area contributed by atoms with E-state index in [4.69, 9.17) is 0 Å². The van der Waals surface area contributed by atoms with E-state index in [1.165, 1.54) is 0 Å². The van der Waals surface area contributed by atoms with Crippen molar-refractivity contribution in [3.05, 3.63) is 23.5 Å². The molecule has 0 atom stereocenters. The average molecular weight is 181 g/mol. The molecule has 1 N–H and O–H groups in total. The van der Waals surface area contributed by atoms with Crippen LogP contribution in [0, 0.1) is 0 Å². The number of hydrogen-bond donors (Lipinski definition) is 1. The Morgan fingerprint density at radius 3 is 2.54 bits per heavy atom. The minimum absolute atomic E-state index is 0.401. The lowest BCUT2D eigenvalue weighted by atomic mass is 10.2. The fourth-order valence-corrected chi connectivity index (χ4v) is 0.889. The zero-order valence-electron chi connectivity index (χ0n) is 8.75. The zero-order valence-corrected chi connectivity index (χ0v) is 8.75. The Morgan fingerprint density at radius 1 is 1.38 bits per heavy atom. The summed E-state index contributed by atoms with van der Waals surface area (Å²) in [4.78, 5) is 4.18. The van der Waals surface area contributed by atoms with Gasteiger partial charge in [-0.15, -0.1) is 0 Å². The molecule has 0 spiro atoms. The summed E-state index contributed by atoms with van der Waals surface area (Å²) >= 11 is 0. The standard InChI is InChI=1S/C11H19NO/c1-4-7-10(11(13)6-3)9-12-8-5-2/h4,7,9,13H,5-6,8H2,1-3H3/b7-4-,11-10-,12-9+. The molecule has 2 nitrogen and oxygen atoms in total. The van der Waals surface area contributed by atoms with E-state index in [1.54, 1.807) is 6.21 Å². The highest BCUT2D eigenvalue weighted by Crippen LogP contribution is 2.04. The van der Waals surface area contributed by atoms with Gasteiger partial charge in [0, 0.05) is 24.8 Å². The molecule has 0 radical (unpaired) electrons. The first-order valence-electron chi connectivity index (χ1n) is 4.80. The molecule has 0 saturated carbocycles. The number of allylic oxidation sites excluding steroid dienone is 4. The van der Waals surface area contributed by atoms with E-state index in [0.717, 1.165) is 18.5 Å². The highest BCUT2D eigenvalue weighted by Gasteiger charge is 1.95. The van der Waals surface area contributed by atoms with E-state index in [2.05, 4.69) is 11.9 Å². The molecule has 0 heterocycles. The second-order valence-corrected chi connectivity index (χ2v) is 2.79. The molecule has 0 rings (SSSR count). The van der Waals surface area contributed by atoms with Gasteiger partial charge in [0.2, 0.25) is 0 Å². The second-order valence-electron chi connectivity index (χ2n) is 2.79. The van der Waals surface area contributed by atoms with Gasteiger partial charge in [0.1, 0.15) is 5.76 Å². The maximum absolute atomic E-state index is 9.49. The monoisotopic (exact) mass is 181 g/mol. The van der Waals surface area contributed by atoms with E-state index < -0.39 is 0 Å². The first kappa shape index (κ1) is 11.9. The lowest BCUT2D eigenvalue weighted by molar-refractivity contribution is 0.392. The molecule has 0 unspecified atom stereocenters. The van der Waals surface area contributed by atoms with Gasteiger partial charge >= 0.3 is 0 Å². The summed E-state index contributed by atoms with van der Waals surface area (Å²) in [5, 5.41) is 9.49. The first-order chi connectivity index (χ1) is 6.26. The van der Waals surface area contributed by atoms with Gasteiger partial charge in [-0.05, 0) is 13.3 Å². The SMILES string of the molecule is C\C=C/C(/C=N/CCC)=C(/O)CC.